The molecule has 4 heteroatoms. The lowest BCUT2D eigenvalue weighted by Gasteiger charge is -2.18. The Labute approximate surface area is 95.7 Å². The normalized spacial score (nSPS) is 29.3. The summed E-state index contributed by atoms with van der Waals surface area (Å²) in [6.07, 6.45) is 1.69. The van der Waals surface area contributed by atoms with Crippen LogP contribution in [0.4, 0.5) is 0 Å². The molecular weight excluding hydrogens is 202 g/mol. The largest absolute Gasteiger partial charge is 0.489 e. The van der Waals surface area contributed by atoms with Crippen LogP contribution in [-0.2, 0) is 6.54 Å². The number of hydrogen-bond acceptors (Lipinski definition) is 4. The molecule has 0 unspecified atom stereocenters. The number of benzene rings is 1. The Hall–Kier alpha value is -1.10. The van der Waals surface area contributed by atoms with Crippen molar-refractivity contribution >= 4 is 0 Å². The van der Waals surface area contributed by atoms with Crippen LogP contribution in [0.2, 0.25) is 0 Å². The summed E-state index contributed by atoms with van der Waals surface area (Å²) >= 11 is 0. The minimum Gasteiger partial charge on any atom is -0.489 e. The van der Waals surface area contributed by atoms with E-state index >= 15 is 0 Å². The molecular formula is C12H19N3O. The molecule has 16 heavy (non-hydrogen) atoms. The van der Waals surface area contributed by atoms with E-state index in [1.54, 1.807) is 0 Å². The molecule has 0 aromatic heterocycles. The van der Waals surface area contributed by atoms with Gasteiger partial charge in [0.25, 0.3) is 0 Å². The van der Waals surface area contributed by atoms with E-state index in [-0.39, 0.29) is 18.2 Å². The second-order valence-electron chi connectivity index (χ2n) is 4.40. The highest BCUT2D eigenvalue weighted by Crippen LogP contribution is 2.23. The third-order valence-electron chi connectivity index (χ3n) is 3.01. The van der Waals surface area contributed by atoms with E-state index < -0.39 is 0 Å². The second-order valence-corrected chi connectivity index (χ2v) is 4.40. The molecule has 6 N–H and O–H groups in total. The molecule has 1 aromatic carbocycles. The first-order chi connectivity index (χ1) is 7.69. The molecule has 1 aliphatic rings. The molecule has 0 aliphatic heterocycles. The maximum atomic E-state index is 5.96. The van der Waals surface area contributed by atoms with Crippen molar-refractivity contribution in [1.82, 2.24) is 0 Å². The number of nitrogens with two attached hydrogens (primary N) is 3. The van der Waals surface area contributed by atoms with Gasteiger partial charge in [0.1, 0.15) is 11.9 Å². The zero-order valence-electron chi connectivity index (χ0n) is 9.30. The van der Waals surface area contributed by atoms with Crippen LogP contribution in [0, 0.1) is 0 Å². The lowest BCUT2D eigenvalue weighted by atomic mass is 10.2. The van der Waals surface area contributed by atoms with Crippen molar-refractivity contribution in [2.75, 3.05) is 0 Å². The van der Waals surface area contributed by atoms with Gasteiger partial charge in [0.05, 0.1) is 0 Å². The minimum absolute atomic E-state index is 0.0306. The molecule has 1 aromatic rings. The Kier molecular flexibility index (Phi) is 3.43. The summed E-state index contributed by atoms with van der Waals surface area (Å²) in [4.78, 5) is 0. The molecule has 88 valence electrons. The van der Waals surface area contributed by atoms with Crippen LogP contribution in [-0.4, -0.2) is 18.2 Å². The second kappa shape index (κ2) is 4.82. The van der Waals surface area contributed by atoms with Gasteiger partial charge in [0.2, 0.25) is 0 Å². The third kappa shape index (κ3) is 2.52. The van der Waals surface area contributed by atoms with Gasteiger partial charge in [-0.1, -0.05) is 12.1 Å². The fraction of sp³-hybridized carbons (Fsp3) is 0.500. The molecule has 1 aliphatic carbocycles. The average Bonchev–Trinajstić information content (AvgIpc) is 2.58. The van der Waals surface area contributed by atoms with Crippen molar-refractivity contribution in [2.45, 2.75) is 37.6 Å². The summed E-state index contributed by atoms with van der Waals surface area (Å²) in [7, 11) is 0. The smallest absolute Gasteiger partial charge is 0.120 e. The van der Waals surface area contributed by atoms with Crippen LogP contribution in [0.1, 0.15) is 18.4 Å². The Morgan fingerprint density at radius 3 is 2.69 bits per heavy atom. The van der Waals surface area contributed by atoms with Gasteiger partial charge < -0.3 is 21.9 Å². The van der Waals surface area contributed by atoms with E-state index in [2.05, 4.69) is 0 Å². The van der Waals surface area contributed by atoms with Crippen LogP contribution in [0.25, 0.3) is 0 Å². The van der Waals surface area contributed by atoms with Crippen molar-refractivity contribution in [3.05, 3.63) is 29.8 Å². The molecule has 1 saturated carbocycles. The van der Waals surface area contributed by atoms with E-state index in [9.17, 15) is 0 Å². The van der Waals surface area contributed by atoms with Gasteiger partial charge in [-0.3, -0.25) is 0 Å². The Morgan fingerprint density at radius 2 is 2.06 bits per heavy atom. The van der Waals surface area contributed by atoms with Crippen LogP contribution in [0.3, 0.4) is 0 Å². The highest BCUT2D eigenvalue weighted by molar-refractivity contribution is 5.28. The van der Waals surface area contributed by atoms with Crippen LogP contribution >= 0.6 is 0 Å². The summed E-state index contributed by atoms with van der Waals surface area (Å²) in [5.74, 6) is 0.831. The Balaban J connectivity index is 2.03. The van der Waals surface area contributed by atoms with Gasteiger partial charge in [0, 0.05) is 25.0 Å². The summed E-state index contributed by atoms with van der Waals surface area (Å²) in [6.45, 7) is 0.521. The Bertz CT molecular complexity index is 356. The molecule has 4 nitrogen and oxygen atoms in total. The Morgan fingerprint density at radius 1 is 1.25 bits per heavy atom. The first kappa shape index (κ1) is 11.4. The predicted molar refractivity (Wildman–Crippen MR) is 63.9 cm³/mol. The molecule has 0 amide bonds. The average molecular weight is 221 g/mol. The summed E-state index contributed by atoms with van der Waals surface area (Å²) in [5.41, 5.74) is 18.4. The van der Waals surface area contributed by atoms with Crippen molar-refractivity contribution < 1.29 is 4.74 Å². The van der Waals surface area contributed by atoms with Crippen molar-refractivity contribution in [2.24, 2.45) is 17.2 Å². The molecule has 0 heterocycles. The molecule has 0 spiro atoms. The van der Waals surface area contributed by atoms with Crippen LogP contribution < -0.4 is 21.9 Å². The van der Waals surface area contributed by atoms with Crippen molar-refractivity contribution in [3.8, 4) is 5.75 Å². The number of ether oxygens (including phenoxy) is 1. The van der Waals surface area contributed by atoms with Gasteiger partial charge >= 0.3 is 0 Å². The SMILES string of the molecule is NCc1cccc(O[C@H]2C[C@H](N)C[C@@H]2N)c1. The van der Waals surface area contributed by atoms with Gasteiger partial charge in [-0.2, -0.15) is 0 Å². The first-order valence-electron chi connectivity index (χ1n) is 5.66. The van der Waals surface area contributed by atoms with Crippen LogP contribution in [0.15, 0.2) is 24.3 Å². The van der Waals surface area contributed by atoms with Gasteiger partial charge in [0.15, 0.2) is 0 Å². The zero-order valence-corrected chi connectivity index (χ0v) is 9.30. The molecule has 2 rings (SSSR count). The quantitative estimate of drug-likeness (QED) is 0.687. The van der Waals surface area contributed by atoms with E-state index in [1.807, 2.05) is 24.3 Å². The molecule has 1 fully saturated rings. The summed E-state index contributed by atoms with van der Waals surface area (Å²) in [5, 5.41) is 0. The summed E-state index contributed by atoms with van der Waals surface area (Å²) in [6, 6.07) is 8.01. The van der Waals surface area contributed by atoms with E-state index in [4.69, 9.17) is 21.9 Å². The fourth-order valence-corrected chi connectivity index (χ4v) is 2.13. The standard InChI is InChI=1S/C12H19N3O/c13-7-8-2-1-3-10(4-8)16-12-6-9(14)5-11(12)15/h1-4,9,11-12H,5-7,13-15H2/t9-,11+,12+/m1/s1. The third-order valence-corrected chi connectivity index (χ3v) is 3.01. The van der Waals surface area contributed by atoms with Gasteiger partial charge in [-0.05, 0) is 24.1 Å². The molecule has 0 bridgehead atoms. The molecule has 0 radical (unpaired) electrons. The monoisotopic (exact) mass is 221 g/mol. The maximum Gasteiger partial charge on any atom is 0.120 e. The van der Waals surface area contributed by atoms with E-state index in [0.29, 0.717) is 6.54 Å². The van der Waals surface area contributed by atoms with Crippen LogP contribution in [0.5, 0.6) is 5.75 Å². The predicted octanol–water partition coefficient (Wildman–Crippen LogP) is 0.341. The molecule has 0 saturated heterocycles. The fourth-order valence-electron chi connectivity index (χ4n) is 2.13. The highest BCUT2D eigenvalue weighted by atomic mass is 16.5. The number of rotatable bonds is 3. The van der Waals surface area contributed by atoms with E-state index in [0.717, 1.165) is 24.2 Å². The lowest BCUT2D eigenvalue weighted by Crippen LogP contribution is -2.33. The highest BCUT2D eigenvalue weighted by Gasteiger charge is 2.31. The van der Waals surface area contributed by atoms with Gasteiger partial charge in [-0.15, -0.1) is 0 Å². The minimum atomic E-state index is 0.0306. The zero-order chi connectivity index (χ0) is 11.5. The number of hydrogen-bond donors (Lipinski definition) is 3. The topological polar surface area (TPSA) is 87.3 Å². The first-order valence-corrected chi connectivity index (χ1v) is 5.66. The van der Waals surface area contributed by atoms with Crippen molar-refractivity contribution in [3.63, 3.8) is 0 Å². The van der Waals surface area contributed by atoms with Crippen molar-refractivity contribution in [1.29, 1.82) is 0 Å². The summed E-state index contributed by atoms with van der Waals surface area (Å²) < 4.78 is 5.84. The van der Waals surface area contributed by atoms with E-state index in [1.165, 1.54) is 0 Å². The van der Waals surface area contributed by atoms with Gasteiger partial charge in [-0.25, -0.2) is 0 Å². The maximum absolute atomic E-state index is 5.96. The lowest BCUT2D eigenvalue weighted by molar-refractivity contribution is 0.190. The molecule has 3 atom stereocenters.